The van der Waals surface area contributed by atoms with Crippen molar-refractivity contribution in [3.05, 3.63) is 77.3 Å². The minimum atomic E-state index is 0.573. The Labute approximate surface area is 187 Å². The second-order valence-corrected chi connectivity index (χ2v) is 8.34. The third-order valence-corrected chi connectivity index (χ3v) is 5.91. The summed E-state index contributed by atoms with van der Waals surface area (Å²) < 4.78 is 12.6. The summed E-state index contributed by atoms with van der Waals surface area (Å²) in [7, 11) is 0. The topological polar surface area (TPSA) is 69.2 Å². The molecule has 0 N–H and O–H groups in total. The number of rotatable bonds is 6. The first-order valence-electron chi connectivity index (χ1n) is 11.0. The van der Waals surface area contributed by atoms with Crippen molar-refractivity contribution in [2.24, 2.45) is 0 Å². The normalized spacial score (nSPS) is 14.7. The Kier molecular flexibility index (Phi) is 5.83. The average Bonchev–Trinajstić information content (AvgIpc) is 3.46. The van der Waals surface area contributed by atoms with Gasteiger partial charge >= 0.3 is 0 Å². The van der Waals surface area contributed by atoms with Crippen molar-refractivity contribution in [2.45, 2.75) is 26.9 Å². The number of aryl methyl sites for hydroxylation is 2. The zero-order valence-corrected chi connectivity index (χ0v) is 18.5. The van der Waals surface area contributed by atoms with Gasteiger partial charge < -0.3 is 9.26 Å². The molecule has 7 heteroatoms. The first-order chi connectivity index (χ1) is 15.7. The minimum Gasteiger partial charge on any atom is -0.379 e. The molecule has 5 rings (SSSR count). The van der Waals surface area contributed by atoms with Crippen LogP contribution in [0, 0.1) is 13.8 Å². The van der Waals surface area contributed by atoms with Crippen molar-refractivity contribution in [3.8, 4) is 22.6 Å². The molecule has 0 radical (unpaired) electrons. The fraction of sp³-hybridized carbons (Fsp3) is 0.320. The van der Waals surface area contributed by atoms with E-state index in [1.807, 2.05) is 0 Å². The number of hydrogen-bond donors (Lipinski definition) is 0. The standard InChI is InChI=1S/C25H27N5O2/c1-18-3-5-20(6-4-18)16-30-19(2)13-24(27-30)23-14-21(15-29-9-11-31-12-10-29)7-8-22(23)25-26-17-32-28-25/h3-8,13-14,17H,9-12,15-16H2,1-2H3. The third-order valence-electron chi connectivity index (χ3n) is 5.91. The zero-order valence-electron chi connectivity index (χ0n) is 18.5. The number of ether oxygens (including phenoxy) is 1. The molecule has 1 fully saturated rings. The Morgan fingerprint density at radius 3 is 2.41 bits per heavy atom. The van der Waals surface area contributed by atoms with E-state index in [1.54, 1.807) is 0 Å². The Hall–Kier alpha value is -3.29. The Balaban J connectivity index is 1.49. The van der Waals surface area contributed by atoms with E-state index in [2.05, 4.69) is 82.1 Å². The summed E-state index contributed by atoms with van der Waals surface area (Å²) >= 11 is 0. The molecule has 3 heterocycles. The lowest BCUT2D eigenvalue weighted by Gasteiger charge is -2.26. The van der Waals surface area contributed by atoms with Crippen LogP contribution < -0.4 is 0 Å². The van der Waals surface area contributed by atoms with E-state index in [-0.39, 0.29) is 0 Å². The molecule has 1 aliphatic heterocycles. The summed E-state index contributed by atoms with van der Waals surface area (Å²) in [5.41, 5.74) is 7.69. The highest BCUT2D eigenvalue weighted by Crippen LogP contribution is 2.31. The van der Waals surface area contributed by atoms with Crippen LogP contribution in [0.1, 0.15) is 22.4 Å². The number of benzene rings is 2. The predicted molar refractivity (Wildman–Crippen MR) is 122 cm³/mol. The first-order valence-corrected chi connectivity index (χ1v) is 11.0. The van der Waals surface area contributed by atoms with Gasteiger partial charge in [0.05, 0.1) is 25.5 Å². The van der Waals surface area contributed by atoms with E-state index in [1.165, 1.54) is 23.1 Å². The Bertz CT molecular complexity index is 1180. The maximum absolute atomic E-state index is 5.49. The van der Waals surface area contributed by atoms with Gasteiger partial charge in [-0.1, -0.05) is 47.1 Å². The van der Waals surface area contributed by atoms with E-state index in [9.17, 15) is 0 Å². The summed E-state index contributed by atoms with van der Waals surface area (Å²) in [6.07, 6.45) is 1.36. The van der Waals surface area contributed by atoms with Gasteiger partial charge in [0, 0.05) is 36.5 Å². The summed E-state index contributed by atoms with van der Waals surface area (Å²) in [5.74, 6) is 0.573. The molecule has 4 aromatic rings. The van der Waals surface area contributed by atoms with Crippen molar-refractivity contribution >= 4 is 0 Å². The fourth-order valence-corrected chi connectivity index (χ4v) is 4.07. The van der Waals surface area contributed by atoms with Crippen LogP contribution in [0.2, 0.25) is 0 Å². The summed E-state index contributed by atoms with van der Waals surface area (Å²) in [4.78, 5) is 6.70. The highest BCUT2D eigenvalue weighted by Gasteiger charge is 2.18. The summed E-state index contributed by atoms with van der Waals surface area (Å²) in [6.45, 7) is 9.29. The molecule has 1 saturated heterocycles. The van der Waals surface area contributed by atoms with Gasteiger partial charge in [0.25, 0.3) is 0 Å². The second-order valence-electron chi connectivity index (χ2n) is 8.34. The monoisotopic (exact) mass is 429 g/mol. The average molecular weight is 430 g/mol. The summed E-state index contributed by atoms with van der Waals surface area (Å²) in [6, 6.07) is 17.1. The van der Waals surface area contributed by atoms with Crippen molar-refractivity contribution in [2.75, 3.05) is 26.3 Å². The van der Waals surface area contributed by atoms with Crippen LogP contribution in [0.3, 0.4) is 0 Å². The molecule has 164 valence electrons. The van der Waals surface area contributed by atoms with Crippen LogP contribution in [0.25, 0.3) is 22.6 Å². The minimum absolute atomic E-state index is 0.573. The zero-order chi connectivity index (χ0) is 21.9. The molecule has 0 atom stereocenters. The lowest BCUT2D eigenvalue weighted by molar-refractivity contribution is 0.0342. The molecule has 0 bridgehead atoms. The fourth-order valence-electron chi connectivity index (χ4n) is 4.07. The summed E-state index contributed by atoms with van der Waals surface area (Å²) in [5, 5.41) is 9.03. The van der Waals surface area contributed by atoms with E-state index < -0.39 is 0 Å². The molecule has 1 aliphatic rings. The van der Waals surface area contributed by atoms with Crippen molar-refractivity contribution in [3.63, 3.8) is 0 Å². The quantitative estimate of drug-likeness (QED) is 0.460. The van der Waals surface area contributed by atoms with E-state index >= 15 is 0 Å². The Morgan fingerprint density at radius 1 is 0.875 bits per heavy atom. The van der Waals surface area contributed by atoms with E-state index in [0.717, 1.165) is 61.9 Å². The van der Waals surface area contributed by atoms with Gasteiger partial charge in [0.1, 0.15) is 0 Å². The molecule has 0 spiro atoms. The van der Waals surface area contributed by atoms with Crippen LogP contribution in [0.4, 0.5) is 0 Å². The van der Waals surface area contributed by atoms with Crippen LogP contribution in [0.15, 0.2) is 59.4 Å². The Morgan fingerprint density at radius 2 is 1.66 bits per heavy atom. The number of hydrogen-bond acceptors (Lipinski definition) is 6. The van der Waals surface area contributed by atoms with Crippen molar-refractivity contribution < 1.29 is 9.26 Å². The van der Waals surface area contributed by atoms with Gasteiger partial charge in [-0.15, -0.1) is 0 Å². The largest absolute Gasteiger partial charge is 0.379 e. The second kappa shape index (κ2) is 9.06. The molecule has 32 heavy (non-hydrogen) atoms. The number of aromatic nitrogens is 4. The SMILES string of the molecule is Cc1ccc(Cn2nc(-c3cc(CN4CCOCC4)ccc3-c3ncon3)cc2C)cc1. The lowest BCUT2D eigenvalue weighted by atomic mass is 10.00. The molecule has 0 amide bonds. The first kappa shape index (κ1) is 20.6. The molecular weight excluding hydrogens is 402 g/mol. The molecule has 0 aliphatic carbocycles. The van der Waals surface area contributed by atoms with Crippen molar-refractivity contribution in [1.82, 2.24) is 24.8 Å². The maximum Gasteiger partial charge on any atom is 0.214 e. The highest BCUT2D eigenvalue weighted by atomic mass is 16.5. The maximum atomic E-state index is 5.49. The lowest BCUT2D eigenvalue weighted by Crippen LogP contribution is -2.35. The number of morpholine rings is 1. The van der Waals surface area contributed by atoms with E-state index in [0.29, 0.717) is 5.82 Å². The third kappa shape index (κ3) is 4.49. The predicted octanol–water partition coefficient (Wildman–Crippen LogP) is 4.10. The molecule has 7 nitrogen and oxygen atoms in total. The molecule has 2 aromatic carbocycles. The van der Waals surface area contributed by atoms with Gasteiger partial charge in [-0.2, -0.15) is 10.1 Å². The smallest absolute Gasteiger partial charge is 0.214 e. The van der Waals surface area contributed by atoms with Gasteiger partial charge in [0.2, 0.25) is 12.2 Å². The van der Waals surface area contributed by atoms with E-state index in [4.69, 9.17) is 14.4 Å². The van der Waals surface area contributed by atoms with Gasteiger partial charge in [0.15, 0.2) is 0 Å². The molecule has 0 unspecified atom stereocenters. The number of nitrogens with zero attached hydrogens (tertiary/aromatic N) is 5. The molecular formula is C25H27N5O2. The van der Waals surface area contributed by atoms with Gasteiger partial charge in [-0.05, 0) is 37.1 Å². The molecule has 2 aromatic heterocycles. The van der Waals surface area contributed by atoms with Crippen LogP contribution in [-0.4, -0.2) is 51.1 Å². The van der Waals surface area contributed by atoms with Crippen LogP contribution >= 0.6 is 0 Å². The van der Waals surface area contributed by atoms with Crippen LogP contribution in [-0.2, 0) is 17.8 Å². The highest BCUT2D eigenvalue weighted by molar-refractivity contribution is 5.79. The van der Waals surface area contributed by atoms with Crippen LogP contribution in [0.5, 0.6) is 0 Å². The van der Waals surface area contributed by atoms with Gasteiger partial charge in [-0.3, -0.25) is 9.58 Å². The molecule has 0 saturated carbocycles. The van der Waals surface area contributed by atoms with Gasteiger partial charge in [-0.25, -0.2) is 0 Å². The van der Waals surface area contributed by atoms with Crippen molar-refractivity contribution in [1.29, 1.82) is 0 Å².